The minimum atomic E-state index is -0.659. The van der Waals surface area contributed by atoms with E-state index >= 15 is 0 Å². The highest BCUT2D eigenvalue weighted by Crippen LogP contribution is 2.58. The quantitative estimate of drug-likeness (QED) is 0.183. The number of benzene rings is 8. The molecular formula is C49H31NO2. The van der Waals surface area contributed by atoms with Crippen LogP contribution in [0.5, 0.6) is 0 Å². The first kappa shape index (κ1) is 28.9. The van der Waals surface area contributed by atoms with E-state index in [1.165, 1.54) is 27.8 Å². The van der Waals surface area contributed by atoms with Crippen LogP contribution in [0, 0.1) is 0 Å². The van der Waals surface area contributed by atoms with Gasteiger partial charge in [-0.25, -0.2) is 0 Å². The highest BCUT2D eigenvalue weighted by Gasteiger charge is 2.48. The fourth-order valence-electron chi connectivity index (χ4n) is 8.85. The SMILES string of the molecule is c1ccc(N(c2cc(C3(c4ccccc4)c4ccccc4-c4ccccc43)c3oc4ccccc4c3c2)c2cccc3oc4ccccc4c23)cc1. The first-order valence-electron chi connectivity index (χ1n) is 17.8. The number of hydrogen-bond acceptors (Lipinski definition) is 3. The maximum Gasteiger partial charge on any atom is 0.140 e. The van der Waals surface area contributed by atoms with Crippen LogP contribution in [0.1, 0.15) is 22.3 Å². The van der Waals surface area contributed by atoms with Gasteiger partial charge in [-0.15, -0.1) is 0 Å². The van der Waals surface area contributed by atoms with E-state index < -0.39 is 5.41 Å². The Labute approximate surface area is 300 Å². The average Bonchev–Trinajstić information content (AvgIpc) is 3.88. The Balaban J connectivity index is 1.32. The monoisotopic (exact) mass is 665 g/mol. The zero-order valence-electron chi connectivity index (χ0n) is 28.2. The van der Waals surface area contributed by atoms with Gasteiger partial charge in [0.1, 0.15) is 22.3 Å². The Morgan fingerprint density at radius 1 is 0.385 bits per heavy atom. The number of para-hydroxylation sites is 3. The van der Waals surface area contributed by atoms with E-state index in [0.29, 0.717) is 0 Å². The molecule has 1 aliphatic carbocycles. The molecule has 3 heteroatoms. The number of furan rings is 2. The third-order valence-electron chi connectivity index (χ3n) is 10.9. The van der Waals surface area contributed by atoms with Gasteiger partial charge in [0.05, 0.1) is 16.5 Å². The lowest BCUT2D eigenvalue weighted by Crippen LogP contribution is -2.29. The first-order chi connectivity index (χ1) is 25.8. The van der Waals surface area contributed by atoms with E-state index in [0.717, 1.165) is 66.5 Å². The second kappa shape index (κ2) is 11.1. The molecule has 0 spiro atoms. The van der Waals surface area contributed by atoms with E-state index in [-0.39, 0.29) is 0 Å². The summed E-state index contributed by atoms with van der Waals surface area (Å²) in [4.78, 5) is 2.39. The summed E-state index contributed by atoms with van der Waals surface area (Å²) in [7, 11) is 0. The second-order valence-corrected chi connectivity index (χ2v) is 13.6. The number of fused-ring (bicyclic) bond motifs is 9. The average molecular weight is 666 g/mol. The van der Waals surface area contributed by atoms with Gasteiger partial charge in [0.2, 0.25) is 0 Å². The Kier molecular flexibility index (Phi) is 6.17. The van der Waals surface area contributed by atoms with Gasteiger partial charge in [0.25, 0.3) is 0 Å². The molecule has 0 radical (unpaired) electrons. The van der Waals surface area contributed by atoms with Crippen LogP contribution < -0.4 is 4.90 Å². The van der Waals surface area contributed by atoms with Gasteiger partial charge in [0, 0.05) is 33.1 Å². The lowest BCUT2D eigenvalue weighted by Gasteiger charge is -2.35. The third-order valence-corrected chi connectivity index (χ3v) is 10.9. The number of nitrogens with zero attached hydrogens (tertiary/aromatic N) is 1. The van der Waals surface area contributed by atoms with Crippen LogP contribution in [0.4, 0.5) is 17.1 Å². The molecule has 11 rings (SSSR count). The predicted molar refractivity (Wildman–Crippen MR) is 213 cm³/mol. The molecule has 0 bridgehead atoms. The van der Waals surface area contributed by atoms with Crippen LogP contribution in [0.25, 0.3) is 55.0 Å². The minimum absolute atomic E-state index is 0.659. The number of anilines is 3. The van der Waals surface area contributed by atoms with Gasteiger partial charge in [-0.1, -0.05) is 140 Å². The molecule has 52 heavy (non-hydrogen) atoms. The van der Waals surface area contributed by atoms with Crippen molar-refractivity contribution in [3.63, 3.8) is 0 Å². The molecule has 244 valence electrons. The van der Waals surface area contributed by atoms with Gasteiger partial charge >= 0.3 is 0 Å². The maximum absolute atomic E-state index is 7.00. The molecule has 3 nitrogen and oxygen atoms in total. The molecule has 0 atom stereocenters. The van der Waals surface area contributed by atoms with E-state index in [1.807, 2.05) is 12.1 Å². The topological polar surface area (TPSA) is 29.5 Å². The van der Waals surface area contributed by atoms with Gasteiger partial charge in [0.15, 0.2) is 0 Å². The van der Waals surface area contributed by atoms with Crippen molar-refractivity contribution in [2.24, 2.45) is 0 Å². The highest BCUT2D eigenvalue weighted by atomic mass is 16.3. The van der Waals surface area contributed by atoms with E-state index in [4.69, 9.17) is 8.83 Å². The third kappa shape index (κ3) is 3.96. The van der Waals surface area contributed by atoms with E-state index in [2.05, 4.69) is 181 Å². The normalized spacial score (nSPS) is 13.2. The summed E-state index contributed by atoms with van der Waals surface area (Å²) in [5.74, 6) is 0. The summed E-state index contributed by atoms with van der Waals surface area (Å²) >= 11 is 0. The van der Waals surface area contributed by atoms with Crippen LogP contribution in [-0.2, 0) is 5.41 Å². The molecule has 10 aromatic rings. The molecule has 0 N–H and O–H groups in total. The largest absolute Gasteiger partial charge is 0.456 e. The van der Waals surface area contributed by atoms with Crippen molar-refractivity contribution in [3.8, 4) is 11.1 Å². The Morgan fingerprint density at radius 3 is 1.69 bits per heavy atom. The summed E-state index contributed by atoms with van der Waals surface area (Å²) in [6.45, 7) is 0. The summed E-state index contributed by atoms with van der Waals surface area (Å²) < 4.78 is 13.4. The fraction of sp³-hybridized carbons (Fsp3) is 0.0204. The molecule has 0 aliphatic heterocycles. The van der Waals surface area contributed by atoms with Crippen molar-refractivity contribution in [1.82, 2.24) is 0 Å². The van der Waals surface area contributed by atoms with Crippen molar-refractivity contribution in [2.45, 2.75) is 5.41 Å². The second-order valence-electron chi connectivity index (χ2n) is 13.6. The van der Waals surface area contributed by atoms with Crippen LogP contribution >= 0.6 is 0 Å². The van der Waals surface area contributed by atoms with E-state index in [1.54, 1.807) is 0 Å². The van der Waals surface area contributed by atoms with Crippen molar-refractivity contribution < 1.29 is 8.83 Å². The smallest absolute Gasteiger partial charge is 0.140 e. The maximum atomic E-state index is 7.00. The summed E-state index contributed by atoms with van der Waals surface area (Å²) in [5, 5.41) is 4.33. The summed E-state index contributed by atoms with van der Waals surface area (Å²) in [6.07, 6.45) is 0. The van der Waals surface area contributed by atoms with E-state index in [9.17, 15) is 0 Å². The Hall–Kier alpha value is -6.84. The summed E-state index contributed by atoms with van der Waals surface area (Å²) in [6, 6.07) is 67.2. The molecule has 0 saturated heterocycles. The molecule has 1 aliphatic rings. The lowest BCUT2D eigenvalue weighted by atomic mass is 9.67. The van der Waals surface area contributed by atoms with Crippen LogP contribution in [0.15, 0.2) is 197 Å². The van der Waals surface area contributed by atoms with Gasteiger partial charge in [-0.2, -0.15) is 0 Å². The molecule has 0 amide bonds. The minimum Gasteiger partial charge on any atom is -0.456 e. The first-order valence-corrected chi connectivity index (χ1v) is 17.8. The zero-order chi connectivity index (χ0) is 34.2. The van der Waals surface area contributed by atoms with Crippen LogP contribution in [-0.4, -0.2) is 0 Å². The lowest BCUT2D eigenvalue weighted by molar-refractivity contribution is 0.648. The van der Waals surface area contributed by atoms with Gasteiger partial charge in [-0.3, -0.25) is 0 Å². The number of hydrogen-bond donors (Lipinski definition) is 0. The molecule has 8 aromatic carbocycles. The van der Waals surface area contributed by atoms with Crippen molar-refractivity contribution in [2.75, 3.05) is 4.90 Å². The van der Waals surface area contributed by atoms with Crippen molar-refractivity contribution in [3.05, 3.63) is 210 Å². The number of rotatable bonds is 5. The standard InChI is InChI=1S/C49H31NO2/c1-3-16-32(17-4-1)49(40-24-11-7-20-35(40)36-21-8-12-25-41(36)49)42-31-34(30-39-37-22-9-13-27-44(37)52-48(39)42)50(33-18-5-2-6-19-33)43-26-15-29-46-47(43)38-23-10-14-28-45(38)51-46/h1-31H. The van der Waals surface area contributed by atoms with Crippen molar-refractivity contribution in [1.29, 1.82) is 0 Å². The predicted octanol–water partition coefficient (Wildman–Crippen LogP) is 13.3. The Bertz CT molecular complexity index is 2930. The molecular weight excluding hydrogens is 635 g/mol. The summed E-state index contributed by atoms with van der Waals surface area (Å²) in [5.41, 5.74) is 13.2. The zero-order valence-corrected chi connectivity index (χ0v) is 28.2. The van der Waals surface area contributed by atoms with Crippen LogP contribution in [0.2, 0.25) is 0 Å². The van der Waals surface area contributed by atoms with Crippen molar-refractivity contribution >= 4 is 60.9 Å². The molecule has 2 heterocycles. The molecule has 0 unspecified atom stereocenters. The van der Waals surface area contributed by atoms with Gasteiger partial charge in [-0.05, 0) is 76.3 Å². The molecule has 0 saturated carbocycles. The Morgan fingerprint density at radius 2 is 0.962 bits per heavy atom. The molecule has 2 aromatic heterocycles. The van der Waals surface area contributed by atoms with Gasteiger partial charge < -0.3 is 13.7 Å². The molecule has 0 fully saturated rings. The van der Waals surface area contributed by atoms with Crippen LogP contribution in [0.3, 0.4) is 0 Å². The fourth-order valence-corrected chi connectivity index (χ4v) is 8.85. The highest BCUT2D eigenvalue weighted by molar-refractivity contribution is 6.14.